The molecule has 0 bridgehead atoms. The topological polar surface area (TPSA) is 15.3 Å². The van der Waals surface area contributed by atoms with Crippen LogP contribution in [0.1, 0.15) is 66.2 Å². The van der Waals surface area contributed by atoms with Crippen molar-refractivity contribution in [3.8, 4) is 0 Å². The Hall–Kier alpha value is -0.0800. The number of rotatable bonds is 4. The fraction of sp³-hybridized carbons (Fsp3) is 1.00. The van der Waals surface area contributed by atoms with Crippen LogP contribution in [0.15, 0.2) is 0 Å². The molecule has 112 valence electrons. The minimum Gasteiger partial charge on any atom is -0.314 e. The second kappa shape index (κ2) is 6.58. The highest BCUT2D eigenvalue weighted by atomic mass is 15.2. The molecule has 1 saturated carbocycles. The maximum absolute atomic E-state index is 3.63. The second-order valence-corrected chi connectivity index (χ2v) is 7.98. The molecule has 0 amide bonds. The molecule has 2 nitrogen and oxygen atoms in total. The van der Waals surface area contributed by atoms with Crippen molar-refractivity contribution in [2.45, 2.75) is 78.3 Å². The largest absolute Gasteiger partial charge is 0.314 e. The Labute approximate surface area is 120 Å². The van der Waals surface area contributed by atoms with Gasteiger partial charge >= 0.3 is 0 Å². The number of likely N-dealkylation sites (tertiary alicyclic amines) is 1. The van der Waals surface area contributed by atoms with Crippen LogP contribution in [0.3, 0.4) is 0 Å². The average Bonchev–Trinajstić information content (AvgIpc) is 2.35. The summed E-state index contributed by atoms with van der Waals surface area (Å²) < 4.78 is 0. The van der Waals surface area contributed by atoms with Gasteiger partial charge in [0.15, 0.2) is 0 Å². The first-order chi connectivity index (χ1) is 8.96. The molecule has 2 unspecified atom stereocenters. The van der Waals surface area contributed by atoms with E-state index in [1.807, 2.05) is 0 Å². The van der Waals surface area contributed by atoms with Gasteiger partial charge in [0.1, 0.15) is 0 Å². The molecule has 0 aromatic rings. The van der Waals surface area contributed by atoms with Gasteiger partial charge in [-0.2, -0.15) is 0 Å². The summed E-state index contributed by atoms with van der Waals surface area (Å²) in [7, 11) is 0. The number of piperidine rings is 1. The quantitative estimate of drug-likeness (QED) is 0.835. The fourth-order valence-corrected chi connectivity index (χ4v) is 3.97. The molecule has 2 atom stereocenters. The van der Waals surface area contributed by atoms with Gasteiger partial charge in [-0.05, 0) is 56.5 Å². The van der Waals surface area contributed by atoms with E-state index in [4.69, 9.17) is 0 Å². The van der Waals surface area contributed by atoms with Gasteiger partial charge in [-0.25, -0.2) is 0 Å². The average molecular weight is 266 g/mol. The lowest BCUT2D eigenvalue weighted by molar-refractivity contribution is 0.0590. The van der Waals surface area contributed by atoms with Crippen molar-refractivity contribution in [3.63, 3.8) is 0 Å². The van der Waals surface area contributed by atoms with Crippen LogP contribution in [0.4, 0.5) is 0 Å². The summed E-state index contributed by atoms with van der Waals surface area (Å²) in [6.45, 7) is 13.3. The Kier molecular flexibility index (Phi) is 5.30. The van der Waals surface area contributed by atoms with Gasteiger partial charge in [0.05, 0.1) is 0 Å². The predicted molar refractivity (Wildman–Crippen MR) is 83.5 cm³/mol. The van der Waals surface area contributed by atoms with E-state index in [0.717, 1.165) is 12.0 Å². The third-order valence-corrected chi connectivity index (χ3v) is 5.06. The molecule has 1 heterocycles. The van der Waals surface area contributed by atoms with Crippen LogP contribution in [0.25, 0.3) is 0 Å². The Morgan fingerprint density at radius 1 is 1.21 bits per heavy atom. The molecule has 0 spiro atoms. The van der Waals surface area contributed by atoms with Gasteiger partial charge in [0, 0.05) is 18.6 Å². The summed E-state index contributed by atoms with van der Waals surface area (Å²) in [6, 6.07) is 1.49. The van der Waals surface area contributed by atoms with E-state index in [1.165, 1.54) is 58.2 Å². The molecule has 2 rings (SSSR count). The zero-order valence-corrected chi connectivity index (χ0v) is 13.5. The van der Waals surface area contributed by atoms with Crippen LogP contribution in [0, 0.1) is 11.3 Å². The second-order valence-electron chi connectivity index (χ2n) is 7.98. The van der Waals surface area contributed by atoms with Gasteiger partial charge < -0.3 is 10.2 Å². The van der Waals surface area contributed by atoms with E-state index >= 15 is 0 Å². The SMILES string of the molecule is CC(C)NCC1CCCN(C2CCCC(C)(C)C2)C1. The van der Waals surface area contributed by atoms with Crippen molar-refractivity contribution >= 4 is 0 Å². The van der Waals surface area contributed by atoms with Gasteiger partial charge in [-0.15, -0.1) is 0 Å². The van der Waals surface area contributed by atoms with Crippen molar-refractivity contribution in [2.75, 3.05) is 19.6 Å². The highest BCUT2D eigenvalue weighted by Crippen LogP contribution is 2.38. The van der Waals surface area contributed by atoms with Crippen molar-refractivity contribution < 1.29 is 0 Å². The van der Waals surface area contributed by atoms with E-state index in [0.29, 0.717) is 11.5 Å². The number of nitrogens with zero attached hydrogens (tertiary/aromatic N) is 1. The lowest BCUT2D eigenvalue weighted by atomic mass is 9.74. The fourth-order valence-electron chi connectivity index (χ4n) is 3.97. The molecule has 2 aliphatic rings. The van der Waals surface area contributed by atoms with Crippen molar-refractivity contribution in [2.24, 2.45) is 11.3 Å². The first kappa shape index (κ1) is 15.3. The highest BCUT2D eigenvalue weighted by Gasteiger charge is 2.33. The van der Waals surface area contributed by atoms with Crippen LogP contribution >= 0.6 is 0 Å². The zero-order valence-electron chi connectivity index (χ0n) is 13.5. The van der Waals surface area contributed by atoms with Crippen molar-refractivity contribution in [1.29, 1.82) is 0 Å². The highest BCUT2D eigenvalue weighted by molar-refractivity contribution is 4.88. The van der Waals surface area contributed by atoms with Crippen LogP contribution < -0.4 is 5.32 Å². The Bertz CT molecular complexity index is 272. The van der Waals surface area contributed by atoms with E-state index in [9.17, 15) is 0 Å². The van der Waals surface area contributed by atoms with E-state index in [1.54, 1.807) is 0 Å². The first-order valence-electron chi connectivity index (χ1n) is 8.44. The molecule has 0 aromatic heterocycles. The smallest absolute Gasteiger partial charge is 0.0100 e. The molecule has 1 saturated heterocycles. The first-order valence-corrected chi connectivity index (χ1v) is 8.44. The van der Waals surface area contributed by atoms with Crippen molar-refractivity contribution in [3.05, 3.63) is 0 Å². The molecular weight excluding hydrogens is 232 g/mol. The molecule has 1 aliphatic heterocycles. The molecule has 0 radical (unpaired) electrons. The normalized spacial score (nSPS) is 32.7. The molecule has 19 heavy (non-hydrogen) atoms. The molecule has 1 N–H and O–H groups in total. The standard InChI is InChI=1S/C17H34N2/c1-14(2)18-12-15-7-6-10-19(13-15)16-8-5-9-17(3,4)11-16/h14-16,18H,5-13H2,1-4H3. The predicted octanol–water partition coefficient (Wildman–Crippen LogP) is 3.67. The summed E-state index contributed by atoms with van der Waals surface area (Å²) in [5.74, 6) is 0.876. The third kappa shape index (κ3) is 4.75. The zero-order chi connectivity index (χ0) is 13.9. The van der Waals surface area contributed by atoms with Crippen LogP contribution in [-0.2, 0) is 0 Å². The molecule has 2 heteroatoms. The minimum absolute atomic E-state index is 0.575. The third-order valence-electron chi connectivity index (χ3n) is 5.06. The molecule has 0 aromatic carbocycles. The Balaban J connectivity index is 1.83. The number of nitrogens with one attached hydrogen (secondary N) is 1. The summed E-state index contributed by atoms with van der Waals surface area (Å²) in [5, 5.41) is 3.63. The van der Waals surface area contributed by atoms with Gasteiger partial charge in [0.25, 0.3) is 0 Å². The monoisotopic (exact) mass is 266 g/mol. The van der Waals surface area contributed by atoms with Crippen LogP contribution in [0.5, 0.6) is 0 Å². The molecule has 1 aliphatic carbocycles. The van der Waals surface area contributed by atoms with E-state index in [-0.39, 0.29) is 0 Å². The van der Waals surface area contributed by atoms with E-state index < -0.39 is 0 Å². The Morgan fingerprint density at radius 3 is 2.68 bits per heavy atom. The Morgan fingerprint density at radius 2 is 2.00 bits per heavy atom. The number of hydrogen-bond donors (Lipinski definition) is 1. The summed E-state index contributed by atoms with van der Waals surface area (Å²) in [5.41, 5.74) is 0.575. The maximum Gasteiger partial charge on any atom is 0.0100 e. The van der Waals surface area contributed by atoms with Gasteiger partial charge in [-0.3, -0.25) is 0 Å². The summed E-state index contributed by atoms with van der Waals surface area (Å²) >= 11 is 0. The van der Waals surface area contributed by atoms with Crippen molar-refractivity contribution in [1.82, 2.24) is 10.2 Å². The summed E-state index contributed by atoms with van der Waals surface area (Å²) in [4.78, 5) is 2.82. The summed E-state index contributed by atoms with van der Waals surface area (Å²) in [6.07, 6.45) is 8.54. The van der Waals surface area contributed by atoms with Gasteiger partial charge in [-0.1, -0.05) is 34.1 Å². The lowest BCUT2D eigenvalue weighted by Gasteiger charge is -2.44. The van der Waals surface area contributed by atoms with E-state index in [2.05, 4.69) is 37.9 Å². The van der Waals surface area contributed by atoms with Crippen LogP contribution in [-0.4, -0.2) is 36.6 Å². The lowest BCUT2D eigenvalue weighted by Crippen LogP contribution is -2.48. The molecule has 2 fully saturated rings. The van der Waals surface area contributed by atoms with Crippen LogP contribution in [0.2, 0.25) is 0 Å². The molecular formula is C17H34N2. The van der Waals surface area contributed by atoms with Gasteiger partial charge in [0.2, 0.25) is 0 Å². The maximum atomic E-state index is 3.63. The number of hydrogen-bond acceptors (Lipinski definition) is 2. The minimum atomic E-state index is 0.575.